The van der Waals surface area contributed by atoms with Gasteiger partial charge < -0.3 is 5.73 Å². The molecule has 0 spiro atoms. The molecule has 0 saturated carbocycles. The Hall–Kier alpha value is -0.810. The smallest absolute Gasteiger partial charge is 0.240 e. The maximum atomic E-state index is 13.0. The first-order valence-electron chi connectivity index (χ1n) is 3.99. The number of benzene rings is 1. The highest BCUT2D eigenvalue weighted by molar-refractivity contribution is 5.85. The standard InChI is InChI=1S/C9H9F4N.ClH/c10-5-1-2-7(11)6(3-5)8(14)4-9(12)13;/h1-3,8-9H,4,14H2;1H/t8-;/m1./s1. The van der Waals surface area contributed by atoms with Crippen molar-refractivity contribution in [2.75, 3.05) is 0 Å². The summed E-state index contributed by atoms with van der Waals surface area (Å²) in [6.45, 7) is 0. The van der Waals surface area contributed by atoms with Crippen LogP contribution in [0.1, 0.15) is 18.0 Å². The molecule has 86 valence electrons. The molecule has 2 N–H and O–H groups in total. The lowest BCUT2D eigenvalue weighted by atomic mass is 10.0. The first-order valence-corrected chi connectivity index (χ1v) is 3.99. The second-order valence-corrected chi connectivity index (χ2v) is 2.90. The van der Waals surface area contributed by atoms with Crippen molar-refractivity contribution in [3.05, 3.63) is 35.4 Å². The summed E-state index contributed by atoms with van der Waals surface area (Å²) in [7, 11) is 0. The zero-order chi connectivity index (χ0) is 10.7. The first-order chi connectivity index (χ1) is 6.50. The van der Waals surface area contributed by atoms with Crippen molar-refractivity contribution in [2.24, 2.45) is 5.73 Å². The predicted octanol–water partition coefficient (Wildman–Crippen LogP) is 3.04. The topological polar surface area (TPSA) is 26.0 Å². The normalized spacial score (nSPS) is 12.4. The van der Waals surface area contributed by atoms with Crippen molar-refractivity contribution in [3.63, 3.8) is 0 Å². The van der Waals surface area contributed by atoms with Gasteiger partial charge in [-0.25, -0.2) is 17.6 Å². The maximum Gasteiger partial charge on any atom is 0.240 e. The van der Waals surface area contributed by atoms with Gasteiger partial charge >= 0.3 is 0 Å². The van der Waals surface area contributed by atoms with Gasteiger partial charge in [0.2, 0.25) is 6.43 Å². The third-order valence-corrected chi connectivity index (χ3v) is 1.79. The summed E-state index contributed by atoms with van der Waals surface area (Å²) in [5, 5.41) is 0. The average Bonchev–Trinajstić information content (AvgIpc) is 2.08. The molecule has 1 aromatic rings. The molecule has 0 aliphatic rings. The molecule has 0 aliphatic carbocycles. The fraction of sp³-hybridized carbons (Fsp3) is 0.333. The molecular formula is C9H10ClF4N. The number of nitrogens with two attached hydrogens (primary N) is 1. The van der Waals surface area contributed by atoms with Gasteiger partial charge in [-0.05, 0) is 18.2 Å². The fourth-order valence-corrected chi connectivity index (χ4v) is 1.12. The highest BCUT2D eigenvalue weighted by Gasteiger charge is 2.16. The lowest BCUT2D eigenvalue weighted by Crippen LogP contribution is -2.15. The van der Waals surface area contributed by atoms with Crippen molar-refractivity contribution < 1.29 is 17.6 Å². The van der Waals surface area contributed by atoms with Crippen molar-refractivity contribution in [1.82, 2.24) is 0 Å². The van der Waals surface area contributed by atoms with Crippen molar-refractivity contribution in [3.8, 4) is 0 Å². The first kappa shape index (κ1) is 14.2. The van der Waals surface area contributed by atoms with Gasteiger partial charge in [0.1, 0.15) is 11.6 Å². The Balaban J connectivity index is 0.00000196. The van der Waals surface area contributed by atoms with Crippen LogP contribution in [0, 0.1) is 11.6 Å². The van der Waals surface area contributed by atoms with Crippen LogP contribution in [0.25, 0.3) is 0 Å². The number of rotatable bonds is 3. The van der Waals surface area contributed by atoms with Gasteiger partial charge in [0, 0.05) is 18.0 Å². The van der Waals surface area contributed by atoms with E-state index in [1.54, 1.807) is 0 Å². The quantitative estimate of drug-likeness (QED) is 0.812. The Morgan fingerprint density at radius 2 is 1.80 bits per heavy atom. The Kier molecular flexibility index (Phi) is 5.60. The molecule has 0 unspecified atom stereocenters. The molecule has 1 rings (SSSR count). The molecule has 0 aromatic heterocycles. The van der Waals surface area contributed by atoms with E-state index in [9.17, 15) is 17.6 Å². The Labute approximate surface area is 90.7 Å². The molecule has 15 heavy (non-hydrogen) atoms. The van der Waals surface area contributed by atoms with Crippen molar-refractivity contribution >= 4 is 12.4 Å². The SMILES string of the molecule is Cl.N[C@H](CC(F)F)c1cc(F)ccc1F. The van der Waals surface area contributed by atoms with Gasteiger partial charge in [0.25, 0.3) is 0 Å². The average molecular weight is 244 g/mol. The molecule has 6 heteroatoms. The summed E-state index contributed by atoms with van der Waals surface area (Å²) in [6, 6.07) is 1.44. The van der Waals surface area contributed by atoms with E-state index in [-0.39, 0.29) is 18.0 Å². The molecular weight excluding hydrogens is 234 g/mol. The fourth-order valence-electron chi connectivity index (χ4n) is 1.12. The van der Waals surface area contributed by atoms with Gasteiger partial charge in [-0.1, -0.05) is 0 Å². The third kappa shape index (κ3) is 4.05. The summed E-state index contributed by atoms with van der Waals surface area (Å²) >= 11 is 0. The largest absolute Gasteiger partial charge is 0.324 e. The van der Waals surface area contributed by atoms with Crippen molar-refractivity contribution in [2.45, 2.75) is 18.9 Å². The van der Waals surface area contributed by atoms with Crippen LogP contribution in [0.5, 0.6) is 0 Å². The van der Waals surface area contributed by atoms with E-state index in [1.807, 2.05) is 0 Å². The highest BCUT2D eigenvalue weighted by Crippen LogP contribution is 2.21. The van der Waals surface area contributed by atoms with Crippen LogP contribution < -0.4 is 5.73 Å². The zero-order valence-corrected chi connectivity index (χ0v) is 8.41. The van der Waals surface area contributed by atoms with Crippen molar-refractivity contribution in [1.29, 1.82) is 0 Å². The van der Waals surface area contributed by atoms with E-state index in [0.29, 0.717) is 0 Å². The van der Waals surface area contributed by atoms with Crippen LogP contribution >= 0.6 is 12.4 Å². The van der Waals surface area contributed by atoms with Crippen LogP contribution in [-0.4, -0.2) is 6.43 Å². The molecule has 0 heterocycles. The number of hydrogen-bond acceptors (Lipinski definition) is 1. The minimum atomic E-state index is -2.63. The van der Waals surface area contributed by atoms with Gasteiger partial charge in [-0.2, -0.15) is 0 Å². The monoisotopic (exact) mass is 243 g/mol. The molecule has 0 saturated heterocycles. The summed E-state index contributed by atoms with van der Waals surface area (Å²) < 4.78 is 49.4. The highest BCUT2D eigenvalue weighted by atomic mass is 35.5. The predicted molar refractivity (Wildman–Crippen MR) is 51.2 cm³/mol. The molecule has 1 aromatic carbocycles. The summed E-state index contributed by atoms with van der Waals surface area (Å²) in [5.74, 6) is -1.45. The van der Waals surface area contributed by atoms with Gasteiger partial charge in [0.15, 0.2) is 0 Å². The lowest BCUT2D eigenvalue weighted by Gasteiger charge is -2.12. The Morgan fingerprint density at radius 3 is 2.33 bits per heavy atom. The Morgan fingerprint density at radius 1 is 1.20 bits per heavy atom. The minimum absolute atomic E-state index is 0. The zero-order valence-electron chi connectivity index (χ0n) is 7.59. The van der Waals surface area contributed by atoms with E-state index < -0.39 is 30.5 Å². The summed E-state index contributed by atoms with van der Waals surface area (Å²) in [5.41, 5.74) is 5.06. The van der Waals surface area contributed by atoms with Crippen LogP contribution in [0.15, 0.2) is 18.2 Å². The van der Waals surface area contributed by atoms with Crippen LogP contribution in [-0.2, 0) is 0 Å². The molecule has 0 amide bonds. The second kappa shape index (κ2) is 5.92. The number of alkyl halides is 2. The maximum absolute atomic E-state index is 13.0. The lowest BCUT2D eigenvalue weighted by molar-refractivity contribution is 0.128. The number of halogens is 5. The summed E-state index contributed by atoms with van der Waals surface area (Å²) in [6.07, 6.45) is -3.31. The third-order valence-electron chi connectivity index (χ3n) is 1.79. The molecule has 1 atom stereocenters. The molecule has 0 bridgehead atoms. The summed E-state index contributed by atoms with van der Waals surface area (Å²) in [4.78, 5) is 0. The molecule has 0 radical (unpaired) electrons. The van der Waals surface area contributed by atoms with Gasteiger partial charge in [-0.15, -0.1) is 12.4 Å². The second-order valence-electron chi connectivity index (χ2n) is 2.90. The van der Waals surface area contributed by atoms with Crippen LogP contribution in [0.4, 0.5) is 17.6 Å². The van der Waals surface area contributed by atoms with Crippen LogP contribution in [0.3, 0.4) is 0 Å². The van der Waals surface area contributed by atoms with Gasteiger partial charge in [0.05, 0.1) is 0 Å². The minimum Gasteiger partial charge on any atom is -0.324 e. The Bertz CT molecular complexity index is 319. The molecule has 0 fully saturated rings. The van der Waals surface area contributed by atoms with E-state index >= 15 is 0 Å². The molecule has 1 nitrogen and oxygen atoms in total. The van der Waals surface area contributed by atoms with Crippen LogP contribution in [0.2, 0.25) is 0 Å². The van der Waals surface area contributed by atoms with Gasteiger partial charge in [-0.3, -0.25) is 0 Å². The number of hydrogen-bond donors (Lipinski definition) is 1. The van der Waals surface area contributed by atoms with E-state index in [1.165, 1.54) is 0 Å². The van der Waals surface area contributed by atoms with E-state index in [2.05, 4.69) is 0 Å². The van der Waals surface area contributed by atoms with E-state index in [4.69, 9.17) is 5.73 Å². The molecule has 0 aliphatic heterocycles. The van der Waals surface area contributed by atoms with E-state index in [0.717, 1.165) is 18.2 Å².